The molecule has 194 valence electrons. The summed E-state index contributed by atoms with van der Waals surface area (Å²) in [4.78, 5) is 36.3. The number of hydrogen-bond donors (Lipinski definition) is 8. The number of carbonyl (C=O) groups excluding carboxylic acids is 2. The van der Waals surface area contributed by atoms with Crippen LogP contribution < -0.4 is 21.4 Å². The van der Waals surface area contributed by atoms with E-state index in [1.807, 2.05) is 26.0 Å². The standard InChI is InChI=1S/C22H37BN6O6/c1-14(2)13-18(23(32)33)27-20(31)17(7-6-12-25-21(24)28-29(34)35)26-19(30)15-8-10-16(11-9-15)22(3,4)5/h8-11,14,17-18,32-33H,6-7,12-13H2,1-5H3,(H5-,24,25,26,27,28,30,31,34,35)/p+1/t17-,18-/m0/s1. The van der Waals surface area contributed by atoms with E-state index < -0.39 is 41.9 Å². The Bertz CT molecular complexity index is 872. The van der Waals surface area contributed by atoms with Crippen molar-refractivity contribution in [2.24, 2.45) is 5.92 Å². The van der Waals surface area contributed by atoms with Crippen molar-refractivity contribution in [3.63, 3.8) is 0 Å². The van der Waals surface area contributed by atoms with Gasteiger partial charge in [0.1, 0.15) is 10.9 Å². The van der Waals surface area contributed by atoms with Gasteiger partial charge in [0.2, 0.25) is 5.91 Å². The third-order valence-corrected chi connectivity index (χ3v) is 5.23. The summed E-state index contributed by atoms with van der Waals surface area (Å²) in [6, 6.07) is 6.09. The molecule has 0 aliphatic heterocycles. The van der Waals surface area contributed by atoms with Gasteiger partial charge < -0.3 is 26.0 Å². The Morgan fingerprint density at radius 1 is 1.11 bits per heavy atom. The van der Waals surface area contributed by atoms with Gasteiger partial charge in [-0.2, -0.15) is 0 Å². The Labute approximate surface area is 206 Å². The maximum absolute atomic E-state index is 13.0. The number of nitrogens with zero attached hydrogens (tertiary/aromatic N) is 1. The number of amides is 2. The number of rotatable bonds is 12. The van der Waals surface area contributed by atoms with E-state index in [4.69, 9.17) is 10.6 Å². The van der Waals surface area contributed by atoms with E-state index >= 15 is 0 Å². The maximum Gasteiger partial charge on any atom is 0.475 e. The van der Waals surface area contributed by atoms with Crippen LogP contribution in [-0.2, 0) is 10.2 Å². The van der Waals surface area contributed by atoms with Crippen LogP contribution in [0.5, 0.6) is 0 Å². The minimum Gasteiger partial charge on any atom is -0.426 e. The molecule has 0 aromatic heterocycles. The van der Waals surface area contributed by atoms with E-state index in [1.165, 1.54) is 0 Å². The number of hydrogen-bond acceptors (Lipinski definition) is 6. The lowest BCUT2D eigenvalue weighted by Gasteiger charge is -2.24. The van der Waals surface area contributed by atoms with Crippen molar-refractivity contribution in [2.75, 3.05) is 6.54 Å². The second-order valence-electron chi connectivity index (χ2n) is 9.84. The molecule has 0 aliphatic carbocycles. The fourth-order valence-electron chi connectivity index (χ4n) is 3.33. The summed E-state index contributed by atoms with van der Waals surface area (Å²) in [5.74, 6) is -2.29. The fourth-order valence-corrected chi connectivity index (χ4v) is 3.33. The highest BCUT2D eigenvalue weighted by Crippen LogP contribution is 2.22. The molecular weight excluding hydrogens is 455 g/mol. The molecule has 1 rings (SSSR count). The Morgan fingerprint density at radius 3 is 2.20 bits per heavy atom. The molecule has 0 heterocycles. The largest absolute Gasteiger partial charge is 0.475 e. The molecular formula is C22H38BN6O6+. The van der Waals surface area contributed by atoms with Crippen LogP contribution in [0.3, 0.4) is 0 Å². The molecule has 35 heavy (non-hydrogen) atoms. The Balaban J connectivity index is 2.91. The lowest BCUT2D eigenvalue weighted by molar-refractivity contribution is -0.822. The zero-order valence-corrected chi connectivity index (χ0v) is 21.0. The molecule has 0 spiro atoms. The first-order valence-corrected chi connectivity index (χ1v) is 11.5. The second kappa shape index (κ2) is 13.6. The zero-order chi connectivity index (χ0) is 26.8. The zero-order valence-electron chi connectivity index (χ0n) is 21.0. The van der Waals surface area contributed by atoms with Crippen molar-refractivity contribution in [1.82, 2.24) is 21.4 Å². The highest BCUT2D eigenvalue weighted by Gasteiger charge is 2.30. The molecule has 8 N–H and O–H groups in total. The molecule has 0 saturated heterocycles. The summed E-state index contributed by atoms with van der Waals surface area (Å²) < 4.78 is 0. The summed E-state index contributed by atoms with van der Waals surface area (Å²) in [5.41, 5.74) is 3.13. The predicted molar refractivity (Wildman–Crippen MR) is 131 cm³/mol. The molecule has 12 nitrogen and oxygen atoms in total. The number of benzene rings is 1. The van der Waals surface area contributed by atoms with Crippen LogP contribution in [0, 0.1) is 16.2 Å². The van der Waals surface area contributed by atoms with Gasteiger partial charge in [0.25, 0.3) is 11.9 Å². The molecule has 1 aromatic carbocycles. The van der Waals surface area contributed by atoms with Crippen LogP contribution >= 0.6 is 0 Å². The van der Waals surface area contributed by atoms with Crippen LogP contribution in [0.1, 0.15) is 69.8 Å². The van der Waals surface area contributed by atoms with Crippen molar-refractivity contribution in [3.05, 3.63) is 40.3 Å². The lowest BCUT2D eigenvalue weighted by Crippen LogP contribution is -2.54. The molecule has 2 atom stereocenters. The highest BCUT2D eigenvalue weighted by atomic mass is 16.7. The Kier molecular flexibility index (Phi) is 11.6. The van der Waals surface area contributed by atoms with Crippen molar-refractivity contribution in [2.45, 2.75) is 71.3 Å². The van der Waals surface area contributed by atoms with Crippen molar-refractivity contribution >= 4 is 24.9 Å². The van der Waals surface area contributed by atoms with Gasteiger partial charge in [-0.15, -0.1) is 0 Å². The molecule has 1 aromatic rings. The van der Waals surface area contributed by atoms with Crippen LogP contribution in [-0.4, -0.2) is 63.7 Å². The number of hydrazine groups is 1. The SMILES string of the molecule is CC(C)C[C@H](NC(=O)[C@H](CCCNC(=N)N[N+](=O)O)NC(=O)c1ccc(C(C)(C)C)cc1)B(O)O. The monoisotopic (exact) mass is 493 g/mol. The molecule has 0 radical (unpaired) electrons. The lowest BCUT2D eigenvalue weighted by atomic mass is 9.75. The van der Waals surface area contributed by atoms with Gasteiger partial charge in [0.05, 0.1) is 5.94 Å². The second-order valence-corrected chi connectivity index (χ2v) is 9.84. The Hall–Kier alpha value is -3.19. The number of carbonyl (C=O) groups is 2. The molecule has 0 aliphatic rings. The molecule has 13 heteroatoms. The normalized spacial score (nSPS) is 12.9. The maximum atomic E-state index is 13.0. The number of guanidine groups is 1. The van der Waals surface area contributed by atoms with Crippen LogP contribution in [0.15, 0.2) is 24.3 Å². The van der Waals surface area contributed by atoms with E-state index in [0.717, 1.165) is 5.56 Å². The van der Waals surface area contributed by atoms with E-state index in [-0.39, 0.29) is 24.3 Å². The molecule has 0 unspecified atom stereocenters. The van der Waals surface area contributed by atoms with Gasteiger partial charge in [-0.3, -0.25) is 15.0 Å². The summed E-state index contributed by atoms with van der Waals surface area (Å²) in [6.45, 7) is 10.1. The van der Waals surface area contributed by atoms with E-state index in [2.05, 4.69) is 36.7 Å². The topological polar surface area (TPSA) is 187 Å². The summed E-state index contributed by atoms with van der Waals surface area (Å²) in [5, 5.41) is 42.5. The average molecular weight is 493 g/mol. The fraction of sp³-hybridized carbons (Fsp3) is 0.591. The molecule has 0 saturated carbocycles. The van der Waals surface area contributed by atoms with Crippen LogP contribution in [0.4, 0.5) is 0 Å². The van der Waals surface area contributed by atoms with Gasteiger partial charge in [0.15, 0.2) is 0 Å². The third kappa shape index (κ3) is 11.2. The first-order chi connectivity index (χ1) is 16.2. The summed E-state index contributed by atoms with van der Waals surface area (Å²) in [7, 11) is -1.76. The third-order valence-electron chi connectivity index (χ3n) is 5.23. The van der Waals surface area contributed by atoms with E-state index in [0.29, 0.717) is 18.4 Å². The average Bonchev–Trinajstić information content (AvgIpc) is 2.73. The van der Waals surface area contributed by atoms with Crippen molar-refractivity contribution in [1.29, 1.82) is 5.41 Å². The van der Waals surface area contributed by atoms with Gasteiger partial charge >= 0.3 is 12.2 Å². The van der Waals surface area contributed by atoms with Gasteiger partial charge in [-0.05, 0) is 53.7 Å². The summed E-state index contributed by atoms with van der Waals surface area (Å²) in [6.07, 6.45) is 0.801. The predicted octanol–water partition coefficient (Wildman–Crippen LogP) is 0.603. The van der Waals surface area contributed by atoms with Gasteiger partial charge in [0, 0.05) is 12.1 Å². The first kappa shape index (κ1) is 29.8. The quantitative estimate of drug-likeness (QED) is 0.0683. The highest BCUT2D eigenvalue weighted by molar-refractivity contribution is 6.43. The van der Waals surface area contributed by atoms with Crippen molar-refractivity contribution in [3.8, 4) is 0 Å². The summed E-state index contributed by atoms with van der Waals surface area (Å²) >= 11 is 0. The van der Waals surface area contributed by atoms with E-state index in [1.54, 1.807) is 17.6 Å². The van der Waals surface area contributed by atoms with E-state index in [9.17, 15) is 24.5 Å². The van der Waals surface area contributed by atoms with Gasteiger partial charge in [-0.1, -0.05) is 46.8 Å². The molecule has 0 bridgehead atoms. The smallest absolute Gasteiger partial charge is 0.426 e. The molecule has 2 amide bonds. The van der Waals surface area contributed by atoms with Crippen LogP contribution in [0.2, 0.25) is 0 Å². The Morgan fingerprint density at radius 2 is 1.71 bits per heavy atom. The number of nitrogens with one attached hydrogen (secondary N) is 5. The minimum atomic E-state index is -1.76. The minimum absolute atomic E-state index is 0.0806. The molecule has 0 fully saturated rings. The van der Waals surface area contributed by atoms with Crippen LogP contribution in [0.25, 0.3) is 0 Å². The van der Waals surface area contributed by atoms with Crippen molar-refractivity contribution < 1.29 is 29.9 Å². The first-order valence-electron chi connectivity index (χ1n) is 11.5. The van der Waals surface area contributed by atoms with Gasteiger partial charge in [-0.25, -0.2) is 5.21 Å².